The topological polar surface area (TPSA) is 35.5 Å². The minimum Gasteiger partial charge on any atom is -0.466 e. The largest absolute Gasteiger partial charge is 0.466 e. The Balaban J connectivity index is 3.05. The maximum Gasteiger partial charge on any atom is 0.336 e. The molecule has 16 heavy (non-hydrogen) atoms. The molecule has 0 radical (unpaired) electrons. The van der Waals surface area contributed by atoms with E-state index in [0.29, 0.717) is 6.08 Å². The summed E-state index contributed by atoms with van der Waals surface area (Å²) in [4.78, 5) is 11.0. The van der Waals surface area contributed by atoms with Crippen molar-refractivity contribution in [3.63, 3.8) is 0 Å². The van der Waals surface area contributed by atoms with Crippen LogP contribution in [-0.2, 0) is 14.3 Å². The van der Waals surface area contributed by atoms with Crippen LogP contribution in [0.15, 0.2) is 23.3 Å². The van der Waals surface area contributed by atoms with Gasteiger partial charge in [-0.1, -0.05) is 0 Å². The second kappa shape index (κ2) is 5.11. The third-order valence-electron chi connectivity index (χ3n) is 1.99. The van der Waals surface area contributed by atoms with Crippen molar-refractivity contribution in [2.45, 2.75) is 12.3 Å². The normalized spacial score (nSPS) is 25.4. The molecule has 0 aromatic rings. The highest BCUT2D eigenvalue weighted by Gasteiger charge is 2.39. The predicted octanol–water partition coefficient (Wildman–Crippen LogP) is 1.90. The van der Waals surface area contributed by atoms with Crippen LogP contribution < -0.4 is 0 Å². The molecule has 3 nitrogen and oxygen atoms in total. The second-order valence-corrected chi connectivity index (χ2v) is 2.89. The van der Waals surface area contributed by atoms with E-state index in [-0.39, 0.29) is 0 Å². The monoisotopic (exact) mass is 240 g/mol. The summed E-state index contributed by atoms with van der Waals surface area (Å²) in [5, 5.41) is 0. The molecule has 1 aliphatic carbocycles. The average Bonchev–Trinajstić information content (AvgIpc) is 2.28. The Bertz CT molecular complexity index is 351. The number of allylic oxidation sites excluding steroid dienone is 2. The molecule has 1 aliphatic rings. The zero-order valence-electron chi connectivity index (χ0n) is 8.18. The highest BCUT2D eigenvalue weighted by atomic mass is 19.2. The number of esters is 1. The molecule has 0 spiro atoms. The van der Waals surface area contributed by atoms with Crippen LogP contribution >= 0.6 is 0 Å². The van der Waals surface area contributed by atoms with Crippen molar-refractivity contribution < 1.29 is 31.8 Å². The number of halogens is 4. The van der Waals surface area contributed by atoms with Crippen LogP contribution in [0.2, 0.25) is 0 Å². The van der Waals surface area contributed by atoms with Gasteiger partial charge in [0, 0.05) is 0 Å². The van der Waals surface area contributed by atoms with Gasteiger partial charge in [-0.3, -0.25) is 0 Å². The van der Waals surface area contributed by atoms with E-state index in [1.165, 1.54) is 0 Å². The smallest absolute Gasteiger partial charge is 0.336 e. The van der Waals surface area contributed by atoms with E-state index in [0.717, 1.165) is 7.11 Å². The zero-order chi connectivity index (χ0) is 12.3. The first kappa shape index (κ1) is 12.7. The number of methoxy groups -OCH3 is 1. The SMILES string of the molecule is COC(=O)C1=CC(F)=C(F)C(OCF)C1F. The van der Waals surface area contributed by atoms with Crippen LogP contribution in [0.3, 0.4) is 0 Å². The summed E-state index contributed by atoms with van der Waals surface area (Å²) in [5.41, 5.74) is -0.750. The first-order valence-electron chi connectivity index (χ1n) is 4.19. The van der Waals surface area contributed by atoms with Crippen LogP contribution in [0.1, 0.15) is 0 Å². The Morgan fingerprint density at radius 2 is 2.12 bits per heavy atom. The number of hydrogen-bond acceptors (Lipinski definition) is 3. The molecule has 0 N–H and O–H groups in total. The van der Waals surface area contributed by atoms with Gasteiger partial charge in [0.2, 0.25) is 0 Å². The maximum atomic E-state index is 13.5. The average molecular weight is 240 g/mol. The van der Waals surface area contributed by atoms with Crippen molar-refractivity contribution in [2.75, 3.05) is 14.0 Å². The van der Waals surface area contributed by atoms with E-state index in [9.17, 15) is 22.4 Å². The van der Waals surface area contributed by atoms with Gasteiger partial charge in [-0.2, -0.15) is 0 Å². The molecule has 1 rings (SSSR count). The minimum atomic E-state index is -2.30. The van der Waals surface area contributed by atoms with Crippen LogP contribution in [0.5, 0.6) is 0 Å². The van der Waals surface area contributed by atoms with Crippen molar-refractivity contribution >= 4 is 5.97 Å². The standard InChI is InChI=1S/C9H8F4O3/c1-15-9(14)4-2-5(11)7(13)8(6(4)12)16-3-10/h2,6,8H,3H2,1H3. The molecule has 0 bridgehead atoms. The summed E-state index contributed by atoms with van der Waals surface area (Å²) in [6, 6.07) is 0. The summed E-state index contributed by atoms with van der Waals surface area (Å²) >= 11 is 0. The number of carbonyl (C=O) groups is 1. The molecule has 0 aromatic heterocycles. The predicted molar refractivity (Wildman–Crippen MR) is 45.1 cm³/mol. The molecule has 2 atom stereocenters. The summed E-state index contributed by atoms with van der Waals surface area (Å²) < 4.78 is 59.4. The molecular formula is C9H8F4O3. The van der Waals surface area contributed by atoms with Gasteiger partial charge < -0.3 is 9.47 Å². The molecule has 0 fully saturated rings. The molecule has 0 heterocycles. The van der Waals surface area contributed by atoms with Gasteiger partial charge in [0.1, 0.15) is 0 Å². The fourth-order valence-corrected chi connectivity index (χ4v) is 1.23. The van der Waals surface area contributed by atoms with Gasteiger partial charge in [0.25, 0.3) is 0 Å². The van der Waals surface area contributed by atoms with Crippen molar-refractivity contribution in [2.24, 2.45) is 0 Å². The molecule has 90 valence electrons. The van der Waals surface area contributed by atoms with E-state index in [1.54, 1.807) is 0 Å². The molecule has 0 saturated heterocycles. The fourth-order valence-electron chi connectivity index (χ4n) is 1.23. The number of ether oxygens (including phenoxy) is 2. The van der Waals surface area contributed by atoms with E-state index in [1.807, 2.05) is 0 Å². The summed E-state index contributed by atoms with van der Waals surface area (Å²) in [6.45, 7) is -1.50. The van der Waals surface area contributed by atoms with Crippen molar-refractivity contribution in [3.8, 4) is 0 Å². The van der Waals surface area contributed by atoms with Gasteiger partial charge in [-0.05, 0) is 6.08 Å². The Morgan fingerprint density at radius 3 is 2.62 bits per heavy atom. The third kappa shape index (κ3) is 2.24. The van der Waals surface area contributed by atoms with Gasteiger partial charge >= 0.3 is 5.97 Å². The molecule has 7 heteroatoms. The van der Waals surface area contributed by atoms with Gasteiger partial charge in [0.05, 0.1) is 12.7 Å². The van der Waals surface area contributed by atoms with Crippen LogP contribution in [0.25, 0.3) is 0 Å². The van der Waals surface area contributed by atoms with Crippen molar-refractivity contribution in [1.82, 2.24) is 0 Å². The molecule has 0 amide bonds. The quantitative estimate of drug-likeness (QED) is 0.558. The van der Waals surface area contributed by atoms with Crippen molar-refractivity contribution in [3.05, 3.63) is 23.3 Å². The highest BCUT2D eigenvalue weighted by molar-refractivity contribution is 5.90. The Labute approximate surface area is 88.3 Å². The number of rotatable bonds is 3. The lowest BCUT2D eigenvalue weighted by atomic mass is 9.99. The molecule has 0 saturated carbocycles. The first-order valence-corrected chi connectivity index (χ1v) is 4.19. The van der Waals surface area contributed by atoms with Gasteiger partial charge in [0.15, 0.2) is 30.8 Å². The van der Waals surface area contributed by atoms with E-state index < -0.39 is 42.3 Å². The van der Waals surface area contributed by atoms with Gasteiger partial charge in [-0.15, -0.1) is 0 Å². The Hall–Kier alpha value is -1.37. The number of carbonyl (C=O) groups excluding carboxylic acids is 1. The van der Waals surface area contributed by atoms with Crippen LogP contribution in [-0.4, -0.2) is 32.2 Å². The van der Waals surface area contributed by atoms with E-state index >= 15 is 0 Å². The molecule has 2 unspecified atom stereocenters. The zero-order valence-corrected chi connectivity index (χ0v) is 8.18. The third-order valence-corrected chi connectivity index (χ3v) is 1.99. The molecule has 0 aromatic carbocycles. The number of alkyl halides is 2. The number of hydrogen-bond donors (Lipinski definition) is 0. The molecule has 0 aliphatic heterocycles. The second-order valence-electron chi connectivity index (χ2n) is 2.89. The molecular weight excluding hydrogens is 232 g/mol. The van der Waals surface area contributed by atoms with E-state index in [2.05, 4.69) is 9.47 Å². The first-order chi connectivity index (χ1) is 7.52. The maximum absolute atomic E-state index is 13.5. The lowest BCUT2D eigenvalue weighted by Gasteiger charge is -2.23. The van der Waals surface area contributed by atoms with Crippen LogP contribution in [0.4, 0.5) is 17.6 Å². The summed E-state index contributed by atoms with van der Waals surface area (Å²) in [6.07, 6.45) is -4.03. The minimum absolute atomic E-state index is 0.365. The summed E-state index contributed by atoms with van der Waals surface area (Å²) in [5.74, 6) is -4.23. The van der Waals surface area contributed by atoms with Crippen molar-refractivity contribution in [1.29, 1.82) is 0 Å². The lowest BCUT2D eigenvalue weighted by molar-refractivity contribution is -0.138. The summed E-state index contributed by atoms with van der Waals surface area (Å²) in [7, 11) is 0.952. The highest BCUT2D eigenvalue weighted by Crippen LogP contribution is 2.31. The van der Waals surface area contributed by atoms with Crippen LogP contribution in [0, 0.1) is 0 Å². The fraction of sp³-hybridized carbons (Fsp3) is 0.444. The Morgan fingerprint density at radius 1 is 1.50 bits per heavy atom. The lowest BCUT2D eigenvalue weighted by Crippen LogP contribution is -2.34. The van der Waals surface area contributed by atoms with E-state index in [4.69, 9.17) is 0 Å². The van der Waals surface area contributed by atoms with Gasteiger partial charge in [-0.25, -0.2) is 22.4 Å². The Kier molecular flexibility index (Phi) is 4.05.